The Hall–Kier alpha value is -5.53. The van der Waals surface area contributed by atoms with Crippen LogP contribution in [0.15, 0.2) is 128 Å². The first-order valence-electron chi connectivity index (χ1n) is 15.2. The molecule has 0 radical (unpaired) electrons. The van der Waals surface area contributed by atoms with Crippen molar-refractivity contribution in [3.8, 4) is 11.5 Å². The molecule has 0 aromatic heterocycles. The van der Waals surface area contributed by atoms with Crippen molar-refractivity contribution in [1.82, 2.24) is 0 Å². The molecule has 0 aliphatic heterocycles. The van der Waals surface area contributed by atoms with E-state index >= 15 is 0 Å². The van der Waals surface area contributed by atoms with Crippen LogP contribution < -0.4 is 14.8 Å². The Labute approximate surface area is 278 Å². The normalized spacial score (nSPS) is 9.51. The van der Waals surface area contributed by atoms with E-state index in [1.54, 1.807) is 14.2 Å². The van der Waals surface area contributed by atoms with E-state index in [-0.39, 0.29) is 0 Å². The third-order valence-electron chi connectivity index (χ3n) is 6.46. The van der Waals surface area contributed by atoms with Gasteiger partial charge in [-0.05, 0) is 91.2 Å². The average Bonchev–Trinajstić information content (AvgIpc) is 3.12. The highest BCUT2D eigenvalue weighted by Gasteiger charge is 2.00. The van der Waals surface area contributed by atoms with Crippen LogP contribution in [-0.4, -0.2) is 46.2 Å². The fourth-order valence-electron chi connectivity index (χ4n) is 4.12. The molecule has 0 spiro atoms. The summed E-state index contributed by atoms with van der Waals surface area (Å²) in [5.74, 6) is 1.62. The summed E-state index contributed by atoms with van der Waals surface area (Å²) in [6.45, 7) is 6.57. The van der Waals surface area contributed by atoms with Crippen molar-refractivity contribution in [3.63, 3.8) is 0 Å². The third kappa shape index (κ3) is 14.9. The predicted octanol–water partition coefficient (Wildman–Crippen LogP) is 9.26. The second-order valence-electron chi connectivity index (χ2n) is 10.1. The van der Waals surface area contributed by atoms with Crippen LogP contribution in [0.3, 0.4) is 0 Å². The number of aldehydes is 2. The second-order valence-corrected chi connectivity index (χ2v) is 10.1. The van der Waals surface area contributed by atoms with Crippen LogP contribution in [0.2, 0.25) is 0 Å². The minimum atomic E-state index is 0.639. The molecule has 0 aliphatic carbocycles. The number of carbonyl (C=O) groups is 2. The molecule has 0 atom stereocenters. The molecule has 0 bridgehead atoms. The number of nitrogens with one attached hydrogen (secondary N) is 2. The number of fused-ring (bicyclic) bond motifs is 1. The number of rotatable bonds is 12. The number of aryl methyl sites for hydroxylation is 1. The number of carbonyl (C=O) groups excluding carboxylic acids is 2. The minimum absolute atomic E-state index is 0.639. The molecule has 5 aromatic rings. The summed E-state index contributed by atoms with van der Waals surface area (Å²) in [6.07, 6.45) is 5.98. The van der Waals surface area contributed by atoms with Gasteiger partial charge in [-0.15, -0.1) is 0 Å². The highest BCUT2D eigenvalue weighted by Crippen LogP contribution is 2.22. The summed E-state index contributed by atoms with van der Waals surface area (Å²) in [5.41, 5.74) is 4.90. The van der Waals surface area contributed by atoms with Crippen LogP contribution in [-0.2, 0) is 9.53 Å². The molecule has 7 nitrogen and oxygen atoms in total. The topological polar surface area (TPSA) is 97.7 Å². The van der Waals surface area contributed by atoms with Gasteiger partial charge in [-0.25, -0.2) is 0 Å². The van der Waals surface area contributed by atoms with E-state index in [0.29, 0.717) is 18.5 Å². The molecule has 47 heavy (non-hydrogen) atoms. The van der Waals surface area contributed by atoms with Gasteiger partial charge in [0, 0.05) is 42.4 Å². The lowest BCUT2D eigenvalue weighted by Crippen LogP contribution is -1.99. The van der Waals surface area contributed by atoms with Crippen LogP contribution in [0.4, 0.5) is 11.4 Å². The monoisotopic (exact) mass is 632 g/mol. The molecule has 0 unspecified atom stereocenters. The Bertz CT molecular complexity index is 1600. The van der Waals surface area contributed by atoms with E-state index in [1.165, 1.54) is 12.3 Å². The summed E-state index contributed by atoms with van der Waals surface area (Å²) < 4.78 is 15.7. The van der Waals surface area contributed by atoms with Crippen LogP contribution in [0.5, 0.6) is 11.5 Å². The number of anilines is 2. The smallest absolute Gasteiger partial charge is 0.150 e. The van der Waals surface area contributed by atoms with Crippen molar-refractivity contribution < 1.29 is 23.8 Å². The average molecular weight is 633 g/mol. The van der Waals surface area contributed by atoms with Gasteiger partial charge >= 0.3 is 0 Å². The summed E-state index contributed by atoms with van der Waals surface area (Å²) in [7, 11) is 3.31. The Morgan fingerprint density at radius 1 is 0.745 bits per heavy atom. The maximum atomic E-state index is 10.7. The van der Waals surface area contributed by atoms with E-state index in [2.05, 4.69) is 11.9 Å². The van der Waals surface area contributed by atoms with Gasteiger partial charge in [-0.1, -0.05) is 72.8 Å². The Balaban J connectivity index is 0.000000240. The highest BCUT2D eigenvalue weighted by molar-refractivity contribution is 5.89. The van der Waals surface area contributed by atoms with Crippen molar-refractivity contribution >= 4 is 40.9 Å². The van der Waals surface area contributed by atoms with Gasteiger partial charge < -0.3 is 24.9 Å². The number of para-hydroxylation sites is 2. The molecule has 0 saturated carbocycles. The lowest BCUT2D eigenvalue weighted by Gasteiger charge is -2.07. The first kappa shape index (κ1) is 37.7. The number of unbranched alkanes of at least 4 members (excludes halogenated alkanes) is 1. The van der Waals surface area contributed by atoms with Crippen LogP contribution >= 0.6 is 0 Å². The number of methoxy groups -OCH3 is 2. The molecular weight excluding hydrogens is 588 g/mol. The molecule has 5 rings (SSSR count). The van der Waals surface area contributed by atoms with Crippen molar-refractivity contribution in [2.45, 2.75) is 19.8 Å². The minimum Gasteiger partial charge on any atom is -0.496 e. The van der Waals surface area contributed by atoms with E-state index in [9.17, 15) is 4.79 Å². The Kier molecular flexibility index (Phi) is 18.3. The zero-order valence-electron chi connectivity index (χ0n) is 27.4. The number of hydrogen-bond donors (Lipinski definition) is 2. The maximum Gasteiger partial charge on any atom is 0.150 e. The fraction of sp³-hybridized carbons (Fsp3) is 0.175. The largest absolute Gasteiger partial charge is 0.496 e. The quantitative estimate of drug-likeness (QED) is 0.0616. The molecule has 5 aromatic carbocycles. The van der Waals surface area contributed by atoms with Crippen molar-refractivity contribution in [2.75, 3.05) is 32.8 Å². The van der Waals surface area contributed by atoms with Gasteiger partial charge in [0.25, 0.3) is 0 Å². The SMILES string of the molecule is C=CC=O.COCCCCOc1ccc2cc(C=O)ccc2c1.COc1ccc(C)cc1C=N.c1ccc(Nc2ccccc2)cc1. The van der Waals surface area contributed by atoms with E-state index in [1.807, 2.05) is 122 Å². The standard InChI is InChI=1S/C16H18O3.C12H11N.C9H11NO.C3H4O/c1-18-8-2-3-9-19-16-7-6-14-10-13(12-17)4-5-15(14)11-16;1-3-7-11(8-4-1)13-12-9-5-2-6-10-12;1-7-3-4-9(11-2)8(5-7)6-10;1-2-3-4/h4-7,10-12H,2-3,8-9H2,1H3;1-10,13H;3-6,10H,1-2H3;2-3H,1H2. The molecule has 0 amide bonds. The van der Waals surface area contributed by atoms with E-state index < -0.39 is 0 Å². The summed E-state index contributed by atoms with van der Waals surface area (Å²) >= 11 is 0. The van der Waals surface area contributed by atoms with Gasteiger partial charge in [0.1, 0.15) is 24.1 Å². The number of hydrogen-bond acceptors (Lipinski definition) is 7. The lowest BCUT2D eigenvalue weighted by molar-refractivity contribution is -0.104. The lowest BCUT2D eigenvalue weighted by atomic mass is 10.1. The Morgan fingerprint density at radius 3 is 1.89 bits per heavy atom. The first-order valence-corrected chi connectivity index (χ1v) is 15.2. The van der Waals surface area contributed by atoms with Gasteiger partial charge in [0.05, 0.1) is 13.7 Å². The van der Waals surface area contributed by atoms with E-state index in [0.717, 1.165) is 70.5 Å². The highest BCUT2D eigenvalue weighted by atomic mass is 16.5. The van der Waals surface area contributed by atoms with Crippen LogP contribution in [0, 0.1) is 12.3 Å². The number of ether oxygens (including phenoxy) is 3. The molecule has 7 heteroatoms. The molecule has 0 heterocycles. The molecule has 0 fully saturated rings. The maximum absolute atomic E-state index is 10.7. The van der Waals surface area contributed by atoms with Crippen LogP contribution in [0.1, 0.15) is 34.3 Å². The van der Waals surface area contributed by atoms with Crippen molar-refractivity contribution in [1.29, 1.82) is 5.41 Å². The van der Waals surface area contributed by atoms with E-state index in [4.69, 9.17) is 24.4 Å². The predicted molar refractivity (Wildman–Crippen MR) is 194 cm³/mol. The fourth-order valence-corrected chi connectivity index (χ4v) is 4.12. The summed E-state index contributed by atoms with van der Waals surface area (Å²) in [4.78, 5) is 19.8. The second kappa shape index (κ2) is 22.9. The first-order chi connectivity index (χ1) is 23.0. The Morgan fingerprint density at radius 2 is 1.34 bits per heavy atom. The number of benzene rings is 5. The zero-order chi connectivity index (χ0) is 34.1. The summed E-state index contributed by atoms with van der Waals surface area (Å²) in [6, 6.07) is 37.6. The van der Waals surface area contributed by atoms with Gasteiger partial charge in [-0.2, -0.15) is 0 Å². The summed E-state index contributed by atoms with van der Waals surface area (Å²) in [5, 5.41) is 12.5. The van der Waals surface area contributed by atoms with Gasteiger partial charge in [0.2, 0.25) is 0 Å². The van der Waals surface area contributed by atoms with Crippen molar-refractivity contribution in [2.24, 2.45) is 0 Å². The molecular formula is C40H44N2O5. The molecule has 2 N–H and O–H groups in total. The zero-order valence-corrected chi connectivity index (χ0v) is 27.4. The van der Waals surface area contributed by atoms with Crippen LogP contribution in [0.25, 0.3) is 10.8 Å². The number of allylic oxidation sites excluding steroid dienone is 1. The third-order valence-corrected chi connectivity index (χ3v) is 6.46. The molecule has 0 aliphatic rings. The van der Waals surface area contributed by atoms with Crippen molar-refractivity contribution in [3.05, 3.63) is 145 Å². The molecule has 0 saturated heterocycles. The van der Waals surface area contributed by atoms with Gasteiger partial charge in [-0.3, -0.25) is 9.59 Å². The van der Waals surface area contributed by atoms with Gasteiger partial charge in [0.15, 0.2) is 0 Å². The molecule has 244 valence electrons.